The third kappa shape index (κ3) is 3.64. The second-order valence-electron chi connectivity index (χ2n) is 5.51. The van der Waals surface area contributed by atoms with Crippen molar-refractivity contribution < 1.29 is 23.8 Å². The molecule has 0 aromatic carbocycles. The van der Waals surface area contributed by atoms with Crippen molar-refractivity contribution in [3.63, 3.8) is 0 Å². The lowest BCUT2D eigenvalue weighted by Crippen LogP contribution is -2.31. The molecule has 3 rings (SSSR count). The molecule has 0 aliphatic carbocycles. The quantitative estimate of drug-likeness (QED) is 0.615. The van der Waals surface area contributed by atoms with E-state index >= 15 is 0 Å². The number of nitrogens with zero attached hydrogens (tertiary/aromatic N) is 4. The highest BCUT2D eigenvalue weighted by atomic mass is 35.5. The molecule has 1 fully saturated rings. The Kier molecular flexibility index (Phi) is 4.73. The van der Waals surface area contributed by atoms with Gasteiger partial charge in [0.15, 0.2) is 10.8 Å². The number of ether oxygens (including phenoxy) is 3. The third-order valence-corrected chi connectivity index (χ3v) is 3.92. The number of anilines is 1. The van der Waals surface area contributed by atoms with Crippen LogP contribution >= 0.6 is 11.6 Å². The zero-order chi connectivity index (χ0) is 18.1. The second kappa shape index (κ2) is 6.81. The van der Waals surface area contributed by atoms with Crippen LogP contribution in [0, 0.1) is 0 Å². The molecule has 0 bridgehead atoms. The molecule has 3 heterocycles. The molecule has 1 aliphatic heterocycles. The van der Waals surface area contributed by atoms with Gasteiger partial charge in [-0.2, -0.15) is 9.97 Å². The smallest absolute Gasteiger partial charge is 0.303 e. The lowest BCUT2D eigenvalue weighted by Gasteiger charge is -2.17. The van der Waals surface area contributed by atoms with Crippen LogP contribution in [0.1, 0.15) is 26.5 Å². The molecule has 2 N–H and O–H groups in total. The summed E-state index contributed by atoms with van der Waals surface area (Å²) in [7, 11) is 0. The molecule has 3 atom stereocenters. The van der Waals surface area contributed by atoms with Gasteiger partial charge in [0.2, 0.25) is 5.95 Å². The predicted molar refractivity (Wildman–Crippen MR) is 85.5 cm³/mol. The fourth-order valence-electron chi connectivity index (χ4n) is 2.67. The van der Waals surface area contributed by atoms with Crippen LogP contribution in [0.3, 0.4) is 0 Å². The maximum Gasteiger partial charge on any atom is 0.303 e. The van der Waals surface area contributed by atoms with Crippen LogP contribution in [0.5, 0.6) is 0 Å². The molecular weight excluding hydrogens is 354 g/mol. The highest BCUT2D eigenvalue weighted by Crippen LogP contribution is 2.33. The van der Waals surface area contributed by atoms with E-state index in [4.69, 9.17) is 31.5 Å². The second-order valence-corrected chi connectivity index (χ2v) is 5.87. The van der Waals surface area contributed by atoms with Crippen LogP contribution in [0.2, 0.25) is 5.15 Å². The molecule has 10 nitrogen and oxygen atoms in total. The number of hydrogen-bond acceptors (Lipinski definition) is 9. The first-order chi connectivity index (χ1) is 11.8. The Labute approximate surface area is 147 Å². The number of nitrogens with two attached hydrogens (primary N) is 1. The number of hydrogen-bond donors (Lipinski definition) is 1. The van der Waals surface area contributed by atoms with Gasteiger partial charge in [-0.3, -0.25) is 14.2 Å². The topological polar surface area (TPSA) is 131 Å². The molecule has 2 aromatic rings. The molecule has 134 valence electrons. The molecule has 11 heteroatoms. The van der Waals surface area contributed by atoms with Crippen molar-refractivity contribution in [2.24, 2.45) is 0 Å². The Morgan fingerprint density at radius 2 is 2.16 bits per heavy atom. The van der Waals surface area contributed by atoms with E-state index in [1.54, 1.807) is 4.57 Å². The highest BCUT2D eigenvalue weighted by Gasteiger charge is 2.40. The summed E-state index contributed by atoms with van der Waals surface area (Å²) < 4.78 is 17.8. The van der Waals surface area contributed by atoms with E-state index in [9.17, 15) is 9.59 Å². The first-order valence-corrected chi connectivity index (χ1v) is 7.84. The molecule has 0 spiro atoms. The number of esters is 2. The van der Waals surface area contributed by atoms with E-state index in [1.807, 2.05) is 0 Å². The van der Waals surface area contributed by atoms with Crippen LogP contribution in [0.25, 0.3) is 11.2 Å². The molecule has 0 saturated carbocycles. The minimum Gasteiger partial charge on any atom is -0.463 e. The first-order valence-electron chi connectivity index (χ1n) is 7.46. The maximum absolute atomic E-state index is 11.3. The van der Waals surface area contributed by atoms with Gasteiger partial charge in [0.25, 0.3) is 0 Å². The van der Waals surface area contributed by atoms with Crippen molar-refractivity contribution in [1.29, 1.82) is 0 Å². The number of aromatic nitrogens is 4. The number of fused-ring (bicyclic) bond motifs is 1. The summed E-state index contributed by atoms with van der Waals surface area (Å²) in [5, 5.41) is 0.132. The maximum atomic E-state index is 11.3. The Hall–Kier alpha value is -2.46. The fraction of sp³-hybridized carbons (Fsp3) is 0.500. The van der Waals surface area contributed by atoms with Crippen molar-refractivity contribution in [2.75, 3.05) is 12.3 Å². The van der Waals surface area contributed by atoms with E-state index in [2.05, 4.69) is 15.0 Å². The fourth-order valence-corrected chi connectivity index (χ4v) is 2.89. The molecular formula is C14H16ClN5O5. The SMILES string of the molecule is CC(=O)OC[C@H]1OC(n2cnc3c(Cl)nc(N)nc32)C[C@@H]1OC(C)=O. The highest BCUT2D eigenvalue weighted by molar-refractivity contribution is 6.33. The predicted octanol–water partition coefficient (Wildman–Crippen LogP) is 0.844. The summed E-state index contributed by atoms with van der Waals surface area (Å²) >= 11 is 6.02. The van der Waals surface area contributed by atoms with Crippen LogP contribution in [-0.4, -0.2) is 50.3 Å². The molecule has 25 heavy (non-hydrogen) atoms. The average molecular weight is 370 g/mol. The molecule has 2 aromatic heterocycles. The number of nitrogen functional groups attached to an aromatic ring is 1. The van der Waals surface area contributed by atoms with Gasteiger partial charge >= 0.3 is 11.9 Å². The number of carbonyl (C=O) groups is 2. The summed E-state index contributed by atoms with van der Waals surface area (Å²) in [6, 6.07) is 0. The largest absolute Gasteiger partial charge is 0.463 e. The number of carbonyl (C=O) groups excluding carboxylic acids is 2. The number of imidazole rings is 1. The van der Waals surface area contributed by atoms with Crippen molar-refractivity contribution in [1.82, 2.24) is 19.5 Å². The van der Waals surface area contributed by atoms with Crippen LogP contribution in [-0.2, 0) is 23.8 Å². The molecule has 0 radical (unpaired) electrons. The third-order valence-electron chi connectivity index (χ3n) is 3.66. The minimum absolute atomic E-state index is 0.00486. The zero-order valence-electron chi connectivity index (χ0n) is 13.5. The van der Waals surface area contributed by atoms with E-state index in [0.29, 0.717) is 17.6 Å². The van der Waals surface area contributed by atoms with Gasteiger partial charge in [-0.25, -0.2) is 4.98 Å². The Balaban J connectivity index is 1.87. The van der Waals surface area contributed by atoms with Gasteiger partial charge in [-0.1, -0.05) is 11.6 Å². The molecule has 1 unspecified atom stereocenters. The Morgan fingerprint density at radius 3 is 2.84 bits per heavy atom. The zero-order valence-corrected chi connectivity index (χ0v) is 14.3. The van der Waals surface area contributed by atoms with Crippen molar-refractivity contribution in [3.05, 3.63) is 11.5 Å². The molecule has 1 saturated heterocycles. The Bertz CT molecular complexity index is 825. The van der Waals surface area contributed by atoms with E-state index in [-0.39, 0.29) is 17.7 Å². The van der Waals surface area contributed by atoms with E-state index in [1.165, 1.54) is 20.2 Å². The van der Waals surface area contributed by atoms with Gasteiger partial charge in [0.1, 0.15) is 30.6 Å². The first kappa shape index (κ1) is 17.4. The number of rotatable bonds is 4. The monoisotopic (exact) mass is 369 g/mol. The lowest BCUT2D eigenvalue weighted by molar-refractivity contribution is -0.155. The van der Waals surface area contributed by atoms with Crippen LogP contribution in [0.4, 0.5) is 5.95 Å². The standard InChI is InChI=1S/C14H16ClN5O5/c1-6(21)23-4-9-8(24-7(2)22)3-10(25-9)20-5-17-11-12(15)18-14(16)19-13(11)20/h5,8-10H,3-4H2,1-2H3,(H2,16,18,19)/t8-,9+,10?/m0/s1. The van der Waals surface area contributed by atoms with Crippen molar-refractivity contribution in [3.8, 4) is 0 Å². The van der Waals surface area contributed by atoms with E-state index in [0.717, 1.165) is 0 Å². The van der Waals surface area contributed by atoms with Gasteiger partial charge in [-0.05, 0) is 0 Å². The van der Waals surface area contributed by atoms with Gasteiger partial charge in [-0.15, -0.1) is 0 Å². The Morgan fingerprint density at radius 1 is 1.40 bits per heavy atom. The lowest BCUT2D eigenvalue weighted by atomic mass is 10.2. The average Bonchev–Trinajstić information content (AvgIpc) is 3.08. The van der Waals surface area contributed by atoms with Gasteiger partial charge < -0.3 is 19.9 Å². The van der Waals surface area contributed by atoms with Crippen LogP contribution < -0.4 is 5.73 Å². The molecule has 1 aliphatic rings. The summed E-state index contributed by atoms with van der Waals surface area (Å²) in [6.45, 7) is 2.56. The molecule has 0 amide bonds. The van der Waals surface area contributed by atoms with E-state index < -0.39 is 30.4 Å². The number of halogens is 1. The van der Waals surface area contributed by atoms with Crippen molar-refractivity contribution in [2.45, 2.75) is 38.7 Å². The summed E-state index contributed by atoms with van der Waals surface area (Å²) in [5.41, 5.74) is 6.42. The van der Waals surface area contributed by atoms with Crippen LogP contribution in [0.15, 0.2) is 6.33 Å². The van der Waals surface area contributed by atoms with Gasteiger partial charge in [0.05, 0.1) is 6.33 Å². The normalized spacial score (nSPS) is 22.9. The summed E-state index contributed by atoms with van der Waals surface area (Å²) in [5.74, 6) is -0.897. The van der Waals surface area contributed by atoms with Gasteiger partial charge in [0, 0.05) is 20.3 Å². The summed E-state index contributed by atoms with van der Waals surface area (Å²) in [4.78, 5) is 34.5. The minimum atomic E-state index is -0.607. The van der Waals surface area contributed by atoms with Crippen molar-refractivity contribution >= 4 is 40.7 Å². The summed E-state index contributed by atoms with van der Waals surface area (Å²) in [6.07, 6.45) is 0.103.